The van der Waals surface area contributed by atoms with Gasteiger partial charge in [0, 0.05) is 62.4 Å². The number of halogens is 1. The summed E-state index contributed by atoms with van der Waals surface area (Å²) in [5, 5.41) is 10.0. The zero-order valence-electron chi connectivity index (χ0n) is 25.5. The lowest BCUT2D eigenvalue weighted by Crippen LogP contribution is -2.36. The highest BCUT2D eigenvalue weighted by Gasteiger charge is 2.20. The number of ether oxygens (including phenoxy) is 2. The lowest BCUT2D eigenvalue weighted by atomic mass is 10.1. The molecule has 0 radical (unpaired) electrons. The van der Waals surface area contributed by atoms with Crippen LogP contribution in [0.25, 0.3) is 0 Å². The summed E-state index contributed by atoms with van der Waals surface area (Å²) in [6.07, 6.45) is 1.16. The van der Waals surface area contributed by atoms with Gasteiger partial charge in [0.15, 0.2) is 17.3 Å². The number of fused-ring (bicyclic) bond motifs is 13. The second-order valence-corrected chi connectivity index (χ2v) is 10.6. The molecule has 12 heteroatoms. The fraction of sp³-hybridized carbons (Fsp3) is 0.406. The highest BCUT2D eigenvalue weighted by molar-refractivity contribution is 5.96. The largest absolute Gasteiger partial charge is 0.493 e. The maximum Gasteiger partial charge on any atom is 0.251 e. The molecule has 0 saturated heterocycles. The van der Waals surface area contributed by atoms with Gasteiger partial charge in [-0.2, -0.15) is 5.10 Å². The zero-order chi connectivity index (χ0) is 31.8. The van der Waals surface area contributed by atoms with E-state index < -0.39 is 5.82 Å². The molecule has 11 nitrogen and oxygen atoms in total. The number of aromatic nitrogens is 2. The molecule has 3 aromatic rings. The standard InChI is InChI=1S/C32H38FN5O6/c1-20-31(22(3)39)21(2)38(36-20)17-13-30(41)37-15-6-10-29(40)35-19-24-25(33)8-5-9-26(24)44-27-12-11-23(18-28(27)43-4)32(42)34-14-7-16-37/h5,8-9,11-12,18H,6-7,10,13-17,19H2,1-4H3,(H,34,42)(H,35,40). The molecule has 0 saturated carbocycles. The van der Waals surface area contributed by atoms with E-state index in [1.165, 1.54) is 32.2 Å². The molecule has 0 spiro atoms. The fourth-order valence-electron chi connectivity index (χ4n) is 5.24. The molecule has 44 heavy (non-hydrogen) atoms. The Kier molecular flexibility index (Phi) is 10.7. The molecule has 2 aliphatic rings. The predicted molar refractivity (Wildman–Crippen MR) is 160 cm³/mol. The van der Waals surface area contributed by atoms with Crippen molar-refractivity contribution in [3.8, 4) is 17.2 Å². The van der Waals surface area contributed by atoms with E-state index in [2.05, 4.69) is 15.7 Å². The molecule has 0 aliphatic carbocycles. The topological polar surface area (TPSA) is 132 Å². The van der Waals surface area contributed by atoms with Crippen LogP contribution >= 0.6 is 0 Å². The lowest BCUT2D eigenvalue weighted by Gasteiger charge is -2.23. The molecule has 0 atom stereocenters. The minimum absolute atomic E-state index is 0.0747. The first-order valence-corrected chi connectivity index (χ1v) is 14.6. The quantitative estimate of drug-likeness (QED) is 0.418. The predicted octanol–water partition coefficient (Wildman–Crippen LogP) is 4.09. The third kappa shape index (κ3) is 7.80. The van der Waals surface area contributed by atoms with E-state index in [1.807, 2.05) is 0 Å². The van der Waals surface area contributed by atoms with Gasteiger partial charge in [0.25, 0.3) is 5.91 Å². The third-order valence-corrected chi connectivity index (χ3v) is 7.53. The van der Waals surface area contributed by atoms with Crippen molar-refractivity contribution < 1.29 is 33.0 Å². The minimum Gasteiger partial charge on any atom is -0.493 e. The number of hydrogen-bond acceptors (Lipinski definition) is 7. The number of amides is 3. The van der Waals surface area contributed by atoms with Crippen molar-refractivity contribution in [2.45, 2.75) is 59.5 Å². The Labute approximate surface area is 255 Å². The average molecular weight is 608 g/mol. The Morgan fingerprint density at radius 2 is 1.84 bits per heavy atom. The summed E-state index contributed by atoms with van der Waals surface area (Å²) in [6.45, 7) is 6.27. The van der Waals surface area contributed by atoms with Crippen molar-refractivity contribution >= 4 is 23.5 Å². The van der Waals surface area contributed by atoms with Gasteiger partial charge >= 0.3 is 0 Å². The van der Waals surface area contributed by atoms with Crippen LogP contribution in [0.5, 0.6) is 17.2 Å². The summed E-state index contributed by atoms with van der Waals surface area (Å²) in [7, 11) is 1.44. The molecule has 0 fully saturated rings. The molecule has 5 rings (SSSR count). The minimum atomic E-state index is -0.543. The van der Waals surface area contributed by atoms with E-state index in [4.69, 9.17) is 9.47 Å². The monoisotopic (exact) mass is 607 g/mol. The van der Waals surface area contributed by atoms with Crippen LogP contribution in [-0.2, 0) is 22.7 Å². The van der Waals surface area contributed by atoms with E-state index in [0.29, 0.717) is 61.5 Å². The normalized spacial score (nSPS) is 14.8. The van der Waals surface area contributed by atoms with Crippen LogP contribution in [-0.4, -0.2) is 64.9 Å². The SMILES string of the molecule is COc1cc2ccc1Oc1cccc(F)c1CNC(=O)CCCN(C(=O)CCn1nc(C)c(C(C)=O)c1C)CCCNC2=O. The number of hydrogen-bond donors (Lipinski definition) is 2. The molecule has 0 unspecified atom stereocenters. The van der Waals surface area contributed by atoms with Crippen molar-refractivity contribution in [2.75, 3.05) is 26.7 Å². The second-order valence-electron chi connectivity index (χ2n) is 10.6. The van der Waals surface area contributed by atoms with Gasteiger partial charge < -0.3 is 25.0 Å². The number of Topliss-reactive ketones (excluding diaryl/α,β-unsaturated/α-hetero) is 1. The Balaban J connectivity index is 1.51. The molecule has 1 aromatic heterocycles. The van der Waals surface area contributed by atoms with Crippen LogP contribution in [0.1, 0.15) is 70.3 Å². The molecule has 3 amide bonds. The van der Waals surface area contributed by atoms with Gasteiger partial charge in [-0.1, -0.05) is 6.07 Å². The van der Waals surface area contributed by atoms with E-state index in [0.717, 1.165) is 0 Å². The molecular formula is C32H38FN5O6. The molecule has 234 valence electrons. The molecule has 2 aromatic carbocycles. The van der Waals surface area contributed by atoms with Crippen LogP contribution < -0.4 is 20.1 Å². The summed E-state index contributed by atoms with van der Waals surface area (Å²) in [4.78, 5) is 52.5. The maximum atomic E-state index is 14.8. The number of nitrogens with one attached hydrogen (secondary N) is 2. The van der Waals surface area contributed by atoms with Crippen molar-refractivity contribution in [2.24, 2.45) is 0 Å². The molecule has 2 bridgehead atoms. The van der Waals surface area contributed by atoms with Crippen molar-refractivity contribution in [3.05, 3.63) is 70.3 Å². The summed E-state index contributed by atoms with van der Waals surface area (Å²) in [5.41, 5.74) is 2.41. The number of carbonyl (C=O) groups excluding carboxylic acids is 4. The number of rotatable bonds is 5. The highest BCUT2D eigenvalue weighted by Crippen LogP contribution is 2.34. The van der Waals surface area contributed by atoms with Crippen molar-refractivity contribution in [3.63, 3.8) is 0 Å². The smallest absolute Gasteiger partial charge is 0.251 e. The summed E-state index contributed by atoms with van der Waals surface area (Å²) in [6, 6.07) is 9.05. The van der Waals surface area contributed by atoms with Gasteiger partial charge in [0.1, 0.15) is 11.6 Å². The Hall–Kier alpha value is -4.74. The van der Waals surface area contributed by atoms with Crippen molar-refractivity contribution in [1.29, 1.82) is 0 Å². The van der Waals surface area contributed by atoms with Crippen LogP contribution in [0.2, 0.25) is 0 Å². The van der Waals surface area contributed by atoms with Gasteiger partial charge in [-0.3, -0.25) is 23.9 Å². The summed E-state index contributed by atoms with van der Waals surface area (Å²) < 4.78 is 27.9. The van der Waals surface area contributed by atoms with Gasteiger partial charge in [-0.15, -0.1) is 0 Å². The lowest BCUT2D eigenvalue weighted by molar-refractivity contribution is -0.132. The first-order valence-electron chi connectivity index (χ1n) is 14.6. The highest BCUT2D eigenvalue weighted by atomic mass is 19.1. The van der Waals surface area contributed by atoms with Crippen LogP contribution in [0.3, 0.4) is 0 Å². The van der Waals surface area contributed by atoms with Gasteiger partial charge in [0.2, 0.25) is 11.8 Å². The van der Waals surface area contributed by atoms with Gasteiger partial charge in [-0.05, 0) is 63.9 Å². The maximum absolute atomic E-state index is 14.8. The number of benzene rings is 2. The van der Waals surface area contributed by atoms with E-state index >= 15 is 0 Å². The number of ketones is 1. The zero-order valence-corrected chi connectivity index (χ0v) is 25.5. The summed E-state index contributed by atoms with van der Waals surface area (Å²) in [5.74, 6) is -0.595. The fourth-order valence-corrected chi connectivity index (χ4v) is 5.24. The molecule has 3 heterocycles. The average Bonchev–Trinajstić information content (AvgIpc) is 3.28. The first kappa shape index (κ1) is 32.2. The van der Waals surface area contributed by atoms with Gasteiger partial charge in [-0.25, -0.2) is 4.39 Å². The molecule has 2 aliphatic heterocycles. The van der Waals surface area contributed by atoms with Crippen LogP contribution in [0.15, 0.2) is 36.4 Å². The third-order valence-electron chi connectivity index (χ3n) is 7.53. The Bertz CT molecular complexity index is 1550. The van der Waals surface area contributed by atoms with Crippen LogP contribution in [0.4, 0.5) is 4.39 Å². The number of carbonyl (C=O) groups is 4. The second kappa shape index (κ2) is 14.6. The first-order chi connectivity index (χ1) is 21.1. The molecule has 2 N–H and O–H groups in total. The number of methoxy groups -OCH3 is 1. The van der Waals surface area contributed by atoms with Crippen molar-refractivity contribution in [1.82, 2.24) is 25.3 Å². The Morgan fingerprint density at radius 1 is 1.07 bits per heavy atom. The van der Waals surface area contributed by atoms with E-state index in [1.54, 1.807) is 41.6 Å². The number of nitrogens with zero attached hydrogens (tertiary/aromatic N) is 3. The summed E-state index contributed by atoms with van der Waals surface area (Å²) >= 11 is 0. The molecular weight excluding hydrogens is 569 g/mol. The van der Waals surface area contributed by atoms with Crippen LogP contribution in [0, 0.1) is 19.7 Å². The number of aryl methyl sites for hydroxylation is 2. The van der Waals surface area contributed by atoms with E-state index in [9.17, 15) is 23.6 Å². The van der Waals surface area contributed by atoms with Gasteiger partial charge in [0.05, 0.1) is 18.4 Å². The Morgan fingerprint density at radius 3 is 2.57 bits per heavy atom. The van der Waals surface area contributed by atoms with E-state index in [-0.39, 0.29) is 65.7 Å².